The molecule has 11 heteroatoms. The fourth-order valence-corrected chi connectivity index (χ4v) is 2.46. The Hall–Kier alpha value is -2.69. The van der Waals surface area contributed by atoms with Crippen LogP contribution in [-0.2, 0) is 47.7 Å². The van der Waals surface area contributed by atoms with E-state index >= 15 is 0 Å². The van der Waals surface area contributed by atoms with Crippen molar-refractivity contribution in [3.63, 3.8) is 0 Å². The van der Waals surface area contributed by atoms with Crippen LogP contribution in [0.1, 0.15) is 27.7 Å². The van der Waals surface area contributed by atoms with E-state index in [1.54, 1.807) is 0 Å². The van der Waals surface area contributed by atoms with Crippen molar-refractivity contribution in [2.45, 2.75) is 58.2 Å². The molecule has 0 radical (unpaired) electrons. The van der Waals surface area contributed by atoms with Crippen LogP contribution in [0.3, 0.4) is 0 Å². The molecule has 1 saturated heterocycles. The van der Waals surface area contributed by atoms with Crippen molar-refractivity contribution in [2.24, 2.45) is 5.73 Å². The summed E-state index contributed by atoms with van der Waals surface area (Å²) in [5, 5.41) is 0. The van der Waals surface area contributed by atoms with Crippen LogP contribution in [0.5, 0.6) is 0 Å². The predicted molar refractivity (Wildman–Crippen MR) is 81.2 cm³/mol. The Bertz CT molecular complexity index is 589. The Morgan fingerprint density at radius 2 is 1.23 bits per heavy atom. The van der Waals surface area contributed by atoms with Crippen LogP contribution in [0.25, 0.3) is 0 Å². The molecule has 26 heavy (non-hydrogen) atoms. The van der Waals surface area contributed by atoms with Gasteiger partial charge in [0.15, 0.2) is 24.4 Å². The zero-order valence-electron chi connectivity index (χ0n) is 14.8. The highest BCUT2D eigenvalue weighted by molar-refractivity contribution is 5.81. The smallest absolute Gasteiger partial charge is 0.303 e. The SMILES string of the molecule is CC(=O)OCC1OC(C(N)=O)C(OC(C)=O)C(OC(C)=O)C1OC(C)=O. The molecule has 0 bridgehead atoms. The maximum Gasteiger partial charge on any atom is 0.303 e. The van der Waals surface area contributed by atoms with E-state index in [0.29, 0.717) is 0 Å². The van der Waals surface area contributed by atoms with E-state index in [0.717, 1.165) is 27.7 Å². The largest absolute Gasteiger partial charge is 0.463 e. The van der Waals surface area contributed by atoms with E-state index < -0.39 is 66.9 Å². The summed E-state index contributed by atoms with van der Waals surface area (Å²) in [6.07, 6.45) is -6.86. The van der Waals surface area contributed by atoms with Gasteiger partial charge in [0.25, 0.3) is 5.91 Å². The van der Waals surface area contributed by atoms with Crippen LogP contribution in [0, 0.1) is 0 Å². The number of hydrogen-bond donors (Lipinski definition) is 1. The van der Waals surface area contributed by atoms with Crippen molar-refractivity contribution in [3.05, 3.63) is 0 Å². The summed E-state index contributed by atoms with van der Waals surface area (Å²) >= 11 is 0. The van der Waals surface area contributed by atoms with Crippen molar-refractivity contribution in [3.8, 4) is 0 Å². The topological polar surface area (TPSA) is 158 Å². The molecule has 1 amide bonds. The molecule has 1 aliphatic rings. The van der Waals surface area contributed by atoms with E-state index in [-0.39, 0.29) is 0 Å². The molecule has 146 valence electrons. The molecular formula is C15H21NO10. The van der Waals surface area contributed by atoms with Gasteiger partial charge < -0.3 is 29.4 Å². The minimum absolute atomic E-state index is 0.415. The fraction of sp³-hybridized carbons (Fsp3) is 0.667. The van der Waals surface area contributed by atoms with E-state index in [1.807, 2.05) is 0 Å². The normalized spacial score (nSPS) is 27.8. The third-order valence-corrected chi connectivity index (χ3v) is 3.27. The van der Waals surface area contributed by atoms with E-state index in [4.69, 9.17) is 29.4 Å². The summed E-state index contributed by atoms with van der Waals surface area (Å²) in [5.41, 5.74) is 5.28. The van der Waals surface area contributed by atoms with Crippen molar-refractivity contribution >= 4 is 29.8 Å². The summed E-state index contributed by atoms with van der Waals surface area (Å²) in [6.45, 7) is 3.96. The Morgan fingerprint density at radius 1 is 0.769 bits per heavy atom. The van der Waals surface area contributed by atoms with Gasteiger partial charge in [-0.3, -0.25) is 24.0 Å². The molecular weight excluding hydrogens is 354 g/mol. The van der Waals surface area contributed by atoms with E-state index in [9.17, 15) is 24.0 Å². The Labute approximate surface area is 149 Å². The maximum atomic E-state index is 11.7. The molecule has 0 aromatic rings. The van der Waals surface area contributed by atoms with Crippen molar-refractivity contribution in [2.75, 3.05) is 6.61 Å². The molecule has 5 unspecified atom stereocenters. The number of hydrogen-bond acceptors (Lipinski definition) is 10. The molecule has 11 nitrogen and oxygen atoms in total. The standard InChI is InChI=1S/C15H21NO10/c1-6(17)22-5-10-11(23-7(2)18)12(24-8(3)19)13(25-9(4)20)14(26-10)15(16)21/h10-14H,5H2,1-4H3,(H2,16,21). The summed E-state index contributed by atoms with van der Waals surface area (Å²) in [7, 11) is 0. The lowest BCUT2D eigenvalue weighted by Gasteiger charge is -2.43. The molecule has 1 aliphatic heterocycles. The molecule has 2 N–H and O–H groups in total. The summed E-state index contributed by atoms with van der Waals surface area (Å²) in [4.78, 5) is 57.1. The average Bonchev–Trinajstić information content (AvgIpc) is 2.47. The van der Waals surface area contributed by atoms with Gasteiger partial charge in [0.2, 0.25) is 0 Å². The summed E-state index contributed by atoms with van der Waals surface area (Å²) in [5.74, 6) is -4.02. The molecule has 0 aromatic heterocycles. The van der Waals surface area contributed by atoms with Gasteiger partial charge in [-0.15, -0.1) is 0 Å². The summed E-state index contributed by atoms with van der Waals surface area (Å²) < 4.78 is 25.5. The number of amides is 1. The Morgan fingerprint density at radius 3 is 1.65 bits per heavy atom. The number of rotatable bonds is 6. The molecule has 5 atom stereocenters. The zero-order valence-corrected chi connectivity index (χ0v) is 14.8. The number of carbonyl (C=O) groups is 5. The minimum atomic E-state index is -1.52. The van der Waals surface area contributed by atoms with Crippen LogP contribution >= 0.6 is 0 Å². The van der Waals surface area contributed by atoms with Crippen molar-refractivity contribution in [1.29, 1.82) is 0 Å². The number of carbonyl (C=O) groups excluding carboxylic acids is 5. The number of nitrogens with two attached hydrogens (primary N) is 1. The monoisotopic (exact) mass is 375 g/mol. The summed E-state index contributed by atoms with van der Waals surface area (Å²) in [6, 6.07) is 0. The van der Waals surface area contributed by atoms with Gasteiger partial charge in [0.05, 0.1) is 0 Å². The van der Waals surface area contributed by atoms with Gasteiger partial charge in [-0.05, 0) is 0 Å². The first-order valence-corrected chi connectivity index (χ1v) is 7.62. The quantitative estimate of drug-likeness (QED) is 0.432. The number of primary amides is 1. The molecule has 1 rings (SSSR count). The van der Waals surface area contributed by atoms with Crippen LogP contribution in [0.2, 0.25) is 0 Å². The Kier molecular flexibility index (Phi) is 7.50. The second kappa shape index (κ2) is 9.13. The maximum absolute atomic E-state index is 11.7. The van der Waals surface area contributed by atoms with Crippen LogP contribution < -0.4 is 5.73 Å². The third-order valence-electron chi connectivity index (χ3n) is 3.27. The molecule has 0 aliphatic carbocycles. The average molecular weight is 375 g/mol. The lowest BCUT2D eigenvalue weighted by atomic mass is 9.93. The first-order valence-electron chi connectivity index (χ1n) is 7.62. The molecule has 1 fully saturated rings. The minimum Gasteiger partial charge on any atom is -0.463 e. The van der Waals surface area contributed by atoms with Crippen LogP contribution in [0.4, 0.5) is 0 Å². The van der Waals surface area contributed by atoms with Crippen LogP contribution in [-0.4, -0.2) is 66.9 Å². The first-order chi connectivity index (χ1) is 12.0. The molecule has 1 heterocycles. The lowest BCUT2D eigenvalue weighted by molar-refractivity contribution is -0.248. The molecule has 0 aromatic carbocycles. The molecule has 0 saturated carbocycles. The highest BCUT2D eigenvalue weighted by Crippen LogP contribution is 2.29. The van der Waals surface area contributed by atoms with Gasteiger partial charge in [-0.2, -0.15) is 0 Å². The first kappa shape index (κ1) is 21.4. The Balaban J connectivity index is 3.29. The highest BCUT2D eigenvalue weighted by Gasteiger charge is 2.53. The fourth-order valence-electron chi connectivity index (χ4n) is 2.46. The van der Waals surface area contributed by atoms with Crippen molar-refractivity contribution < 1.29 is 47.7 Å². The highest BCUT2D eigenvalue weighted by atomic mass is 16.7. The third kappa shape index (κ3) is 5.99. The van der Waals surface area contributed by atoms with Gasteiger partial charge in [0, 0.05) is 27.7 Å². The second-order valence-corrected chi connectivity index (χ2v) is 5.52. The molecule has 0 spiro atoms. The second-order valence-electron chi connectivity index (χ2n) is 5.52. The number of ether oxygens (including phenoxy) is 5. The number of esters is 4. The predicted octanol–water partition coefficient (Wildman–Crippen LogP) is -1.40. The van der Waals surface area contributed by atoms with Crippen molar-refractivity contribution in [1.82, 2.24) is 0 Å². The van der Waals surface area contributed by atoms with Gasteiger partial charge in [-0.25, -0.2) is 0 Å². The lowest BCUT2D eigenvalue weighted by Crippen LogP contribution is -2.65. The van der Waals surface area contributed by atoms with Gasteiger partial charge in [0.1, 0.15) is 12.7 Å². The van der Waals surface area contributed by atoms with Gasteiger partial charge in [-0.1, -0.05) is 0 Å². The van der Waals surface area contributed by atoms with E-state index in [2.05, 4.69) is 0 Å². The van der Waals surface area contributed by atoms with E-state index in [1.165, 1.54) is 0 Å². The zero-order chi connectivity index (χ0) is 20.0. The van der Waals surface area contributed by atoms with Gasteiger partial charge >= 0.3 is 23.9 Å². The van der Waals surface area contributed by atoms with Crippen LogP contribution in [0.15, 0.2) is 0 Å².